The van der Waals surface area contributed by atoms with E-state index in [4.69, 9.17) is 11.6 Å². The van der Waals surface area contributed by atoms with Crippen LogP contribution in [0.1, 0.15) is 50.4 Å². The highest BCUT2D eigenvalue weighted by atomic mass is 35.5. The molecule has 1 aliphatic carbocycles. The maximum absolute atomic E-state index is 12.9. The molecule has 1 heterocycles. The van der Waals surface area contributed by atoms with E-state index in [1.807, 2.05) is 35.8 Å². The summed E-state index contributed by atoms with van der Waals surface area (Å²) in [5.41, 5.74) is 0.791. The lowest BCUT2D eigenvalue weighted by atomic mass is 10.1. The maximum atomic E-state index is 12.9. The van der Waals surface area contributed by atoms with Gasteiger partial charge in [-0.15, -0.1) is 11.6 Å². The monoisotopic (exact) mass is 290 g/mol. The van der Waals surface area contributed by atoms with Crippen molar-refractivity contribution in [2.75, 3.05) is 0 Å². The number of aromatic nitrogens is 2. The van der Waals surface area contributed by atoms with Gasteiger partial charge in [-0.05, 0) is 37.8 Å². The third-order valence-electron chi connectivity index (χ3n) is 4.34. The van der Waals surface area contributed by atoms with Gasteiger partial charge in [0.25, 0.3) is 5.56 Å². The van der Waals surface area contributed by atoms with Crippen LogP contribution in [0.4, 0.5) is 0 Å². The molecule has 3 unspecified atom stereocenters. The topological polar surface area (TPSA) is 34.9 Å². The zero-order chi connectivity index (χ0) is 14.3. The molecular formula is C16H19ClN2O. The Hall–Kier alpha value is -1.35. The molecule has 0 saturated heterocycles. The highest BCUT2D eigenvalue weighted by Crippen LogP contribution is 2.36. The summed E-state index contributed by atoms with van der Waals surface area (Å²) in [6.07, 6.45) is 3.37. The number of nitrogens with zero attached hydrogens (tertiary/aromatic N) is 2. The van der Waals surface area contributed by atoms with Crippen molar-refractivity contribution < 1.29 is 0 Å². The Morgan fingerprint density at radius 2 is 2.10 bits per heavy atom. The zero-order valence-electron chi connectivity index (χ0n) is 11.8. The van der Waals surface area contributed by atoms with Crippen LogP contribution in [0.3, 0.4) is 0 Å². The zero-order valence-corrected chi connectivity index (χ0v) is 12.6. The fraction of sp³-hybridized carbons (Fsp3) is 0.500. The van der Waals surface area contributed by atoms with Crippen LogP contribution in [-0.4, -0.2) is 9.55 Å². The van der Waals surface area contributed by atoms with Crippen LogP contribution < -0.4 is 5.56 Å². The molecule has 0 spiro atoms. The molecule has 1 fully saturated rings. The highest BCUT2D eigenvalue weighted by molar-refractivity contribution is 6.20. The average molecular weight is 291 g/mol. The summed E-state index contributed by atoms with van der Waals surface area (Å²) in [4.78, 5) is 17.5. The molecule has 3 nitrogen and oxygen atoms in total. The molecule has 2 aromatic rings. The van der Waals surface area contributed by atoms with E-state index >= 15 is 0 Å². The number of fused-ring (bicyclic) bond motifs is 1. The van der Waals surface area contributed by atoms with Crippen LogP contribution in [0.25, 0.3) is 10.9 Å². The van der Waals surface area contributed by atoms with Crippen molar-refractivity contribution in [3.63, 3.8) is 0 Å². The van der Waals surface area contributed by atoms with Crippen molar-refractivity contribution in [1.82, 2.24) is 9.55 Å². The van der Waals surface area contributed by atoms with E-state index < -0.39 is 0 Å². The molecule has 0 amide bonds. The summed E-state index contributed by atoms with van der Waals surface area (Å²) >= 11 is 6.28. The van der Waals surface area contributed by atoms with Gasteiger partial charge in [-0.3, -0.25) is 9.36 Å². The Morgan fingerprint density at radius 1 is 1.35 bits per heavy atom. The van der Waals surface area contributed by atoms with Crippen molar-refractivity contribution in [1.29, 1.82) is 0 Å². The quantitative estimate of drug-likeness (QED) is 0.782. The van der Waals surface area contributed by atoms with Gasteiger partial charge in [0.1, 0.15) is 5.82 Å². The second-order valence-electron chi connectivity index (χ2n) is 5.75. The molecule has 0 aliphatic heterocycles. The molecule has 1 aromatic carbocycles. The standard InChI is InChI=1S/C16H19ClN2O/c1-10-6-5-9-14(10)19-15(11(2)17)18-13-8-4-3-7-12(13)16(19)20/h3-4,7-8,10-11,14H,5-6,9H2,1-2H3. The molecule has 0 N–H and O–H groups in total. The molecule has 1 aromatic heterocycles. The predicted octanol–water partition coefficient (Wildman–Crippen LogP) is 4.06. The van der Waals surface area contributed by atoms with Gasteiger partial charge in [0.15, 0.2) is 0 Å². The second kappa shape index (κ2) is 5.21. The molecular weight excluding hydrogens is 272 g/mol. The fourth-order valence-electron chi connectivity index (χ4n) is 3.27. The first kappa shape index (κ1) is 13.6. The van der Waals surface area contributed by atoms with Crippen LogP contribution in [0.15, 0.2) is 29.1 Å². The third-order valence-corrected chi connectivity index (χ3v) is 4.53. The van der Waals surface area contributed by atoms with Gasteiger partial charge in [0, 0.05) is 6.04 Å². The first-order chi connectivity index (χ1) is 9.59. The van der Waals surface area contributed by atoms with Crippen molar-refractivity contribution >= 4 is 22.5 Å². The van der Waals surface area contributed by atoms with E-state index in [1.165, 1.54) is 12.8 Å². The average Bonchev–Trinajstić information content (AvgIpc) is 2.84. The number of rotatable bonds is 2. The summed E-state index contributed by atoms with van der Waals surface area (Å²) in [5, 5.41) is 0.424. The fourth-order valence-corrected chi connectivity index (χ4v) is 3.43. The van der Waals surface area contributed by atoms with E-state index in [9.17, 15) is 4.79 Å². The number of alkyl halides is 1. The van der Waals surface area contributed by atoms with Gasteiger partial charge in [-0.2, -0.15) is 0 Å². The van der Waals surface area contributed by atoms with Crippen LogP contribution >= 0.6 is 11.6 Å². The van der Waals surface area contributed by atoms with Gasteiger partial charge in [0.2, 0.25) is 0 Å². The summed E-state index contributed by atoms with van der Waals surface area (Å²) in [6, 6.07) is 7.75. The van der Waals surface area contributed by atoms with Gasteiger partial charge < -0.3 is 0 Å². The molecule has 1 saturated carbocycles. The van der Waals surface area contributed by atoms with E-state index in [0.29, 0.717) is 17.1 Å². The molecule has 0 bridgehead atoms. The van der Waals surface area contributed by atoms with Crippen LogP contribution in [-0.2, 0) is 0 Å². The van der Waals surface area contributed by atoms with Crippen molar-refractivity contribution in [2.24, 2.45) is 5.92 Å². The van der Waals surface area contributed by atoms with Crippen LogP contribution in [0.2, 0.25) is 0 Å². The molecule has 3 rings (SSSR count). The van der Waals surface area contributed by atoms with Crippen LogP contribution in [0.5, 0.6) is 0 Å². The summed E-state index contributed by atoms with van der Waals surface area (Å²) in [7, 11) is 0. The maximum Gasteiger partial charge on any atom is 0.261 e. The van der Waals surface area contributed by atoms with Crippen LogP contribution in [0, 0.1) is 5.92 Å². The number of halogens is 1. The third kappa shape index (κ3) is 2.14. The normalized spacial score (nSPS) is 24.1. The van der Waals surface area contributed by atoms with Gasteiger partial charge in [0.05, 0.1) is 16.3 Å². The SMILES string of the molecule is CC(Cl)c1nc2ccccc2c(=O)n1C1CCCC1C. The number of benzene rings is 1. The Bertz CT molecular complexity index is 692. The van der Waals surface area contributed by atoms with Gasteiger partial charge in [-0.1, -0.05) is 25.5 Å². The molecule has 20 heavy (non-hydrogen) atoms. The Balaban J connectivity index is 2.30. The Morgan fingerprint density at radius 3 is 2.75 bits per heavy atom. The summed E-state index contributed by atoms with van der Waals surface area (Å²) < 4.78 is 1.86. The van der Waals surface area contributed by atoms with Crippen molar-refractivity contribution in [3.8, 4) is 0 Å². The molecule has 106 valence electrons. The summed E-state index contributed by atoms with van der Waals surface area (Å²) in [6.45, 7) is 4.09. The first-order valence-electron chi connectivity index (χ1n) is 7.25. The Labute approximate surface area is 123 Å². The van der Waals surface area contributed by atoms with Gasteiger partial charge in [-0.25, -0.2) is 4.98 Å². The van der Waals surface area contributed by atoms with Gasteiger partial charge >= 0.3 is 0 Å². The van der Waals surface area contributed by atoms with E-state index in [-0.39, 0.29) is 17.0 Å². The minimum Gasteiger partial charge on any atom is -0.291 e. The molecule has 3 atom stereocenters. The molecule has 1 aliphatic rings. The second-order valence-corrected chi connectivity index (χ2v) is 6.41. The number of hydrogen-bond donors (Lipinski definition) is 0. The lowest BCUT2D eigenvalue weighted by Crippen LogP contribution is -2.30. The lowest BCUT2D eigenvalue weighted by molar-refractivity contribution is 0.383. The van der Waals surface area contributed by atoms with E-state index in [2.05, 4.69) is 11.9 Å². The minimum atomic E-state index is -0.264. The number of para-hydroxylation sites is 1. The smallest absolute Gasteiger partial charge is 0.261 e. The van der Waals surface area contributed by atoms with E-state index in [0.717, 1.165) is 11.9 Å². The first-order valence-corrected chi connectivity index (χ1v) is 7.68. The van der Waals surface area contributed by atoms with Crippen molar-refractivity contribution in [3.05, 3.63) is 40.4 Å². The molecule has 0 radical (unpaired) electrons. The predicted molar refractivity (Wildman–Crippen MR) is 82.3 cm³/mol. The summed E-state index contributed by atoms with van der Waals surface area (Å²) in [5.74, 6) is 1.21. The Kier molecular flexibility index (Phi) is 3.55. The largest absolute Gasteiger partial charge is 0.291 e. The minimum absolute atomic E-state index is 0.0526. The van der Waals surface area contributed by atoms with Crippen molar-refractivity contribution in [2.45, 2.75) is 44.5 Å². The molecule has 4 heteroatoms. The number of hydrogen-bond acceptors (Lipinski definition) is 2. The van der Waals surface area contributed by atoms with E-state index in [1.54, 1.807) is 0 Å². The highest BCUT2D eigenvalue weighted by Gasteiger charge is 2.29. The lowest BCUT2D eigenvalue weighted by Gasteiger charge is -2.23.